The first-order chi connectivity index (χ1) is 9.10. The highest BCUT2D eigenvalue weighted by Gasteiger charge is 2.21. The van der Waals surface area contributed by atoms with Crippen LogP contribution in [0.25, 0.3) is 0 Å². The van der Waals surface area contributed by atoms with Gasteiger partial charge in [0.05, 0.1) is 4.92 Å². The number of nitrogens with zero attached hydrogens (tertiary/aromatic N) is 2. The fourth-order valence-electron chi connectivity index (χ4n) is 2.48. The number of benzene rings is 1. The van der Waals surface area contributed by atoms with Crippen LogP contribution in [0.15, 0.2) is 18.2 Å². The Hall–Kier alpha value is -1.53. The van der Waals surface area contributed by atoms with Gasteiger partial charge in [-0.2, -0.15) is 0 Å². The van der Waals surface area contributed by atoms with E-state index in [1.54, 1.807) is 0 Å². The van der Waals surface area contributed by atoms with Crippen LogP contribution in [0, 0.1) is 21.8 Å². The van der Waals surface area contributed by atoms with Gasteiger partial charge in [0.25, 0.3) is 5.69 Å². The average Bonchev–Trinajstić information content (AvgIpc) is 2.39. The Morgan fingerprint density at radius 1 is 1.42 bits per heavy atom. The first kappa shape index (κ1) is 13.9. The van der Waals surface area contributed by atoms with E-state index in [0.717, 1.165) is 32.0 Å². The molecule has 0 spiro atoms. The lowest BCUT2D eigenvalue weighted by molar-refractivity contribution is -0.385. The summed E-state index contributed by atoms with van der Waals surface area (Å²) in [6, 6.07) is 3.62. The largest absolute Gasteiger partial charge is 0.330 e. The second-order valence-electron chi connectivity index (χ2n) is 4.99. The first-order valence-corrected chi connectivity index (χ1v) is 6.45. The van der Waals surface area contributed by atoms with Crippen LogP contribution in [0.2, 0.25) is 0 Å². The fourth-order valence-corrected chi connectivity index (χ4v) is 2.48. The Kier molecular flexibility index (Phi) is 4.44. The van der Waals surface area contributed by atoms with Gasteiger partial charge in [-0.05, 0) is 50.5 Å². The smallest absolute Gasteiger partial charge is 0.274 e. The van der Waals surface area contributed by atoms with Crippen molar-refractivity contribution < 1.29 is 9.31 Å². The Balaban J connectivity index is 2.06. The summed E-state index contributed by atoms with van der Waals surface area (Å²) in [5.74, 6) is 0.108. The molecule has 5 nitrogen and oxygen atoms in total. The minimum atomic E-state index is -0.457. The zero-order valence-corrected chi connectivity index (χ0v) is 10.7. The van der Waals surface area contributed by atoms with Crippen LogP contribution < -0.4 is 5.73 Å². The van der Waals surface area contributed by atoms with Crippen molar-refractivity contribution in [3.63, 3.8) is 0 Å². The Labute approximate surface area is 111 Å². The van der Waals surface area contributed by atoms with Gasteiger partial charge in [-0.3, -0.25) is 15.0 Å². The van der Waals surface area contributed by atoms with Gasteiger partial charge in [0.2, 0.25) is 0 Å². The van der Waals surface area contributed by atoms with E-state index in [9.17, 15) is 14.5 Å². The molecule has 0 atom stereocenters. The monoisotopic (exact) mass is 267 g/mol. The molecule has 1 aromatic carbocycles. The fraction of sp³-hybridized carbons (Fsp3) is 0.538. The average molecular weight is 267 g/mol. The second-order valence-corrected chi connectivity index (χ2v) is 4.99. The summed E-state index contributed by atoms with van der Waals surface area (Å²) in [6.07, 6.45) is 2.00. The van der Waals surface area contributed by atoms with Gasteiger partial charge in [0.1, 0.15) is 5.82 Å². The summed E-state index contributed by atoms with van der Waals surface area (Å²) < 4.78 is 13.2. The van der Waals surface area contributed by atoms with Gasteiger partial charge >= 0.3 is 0 Å². The van der Waals surface area contributed by atoms with E-state index in [1.165, 1.54) is 12.1 Å². The summed E-state index contributed by atoms with van der Waals surface area (Å²) >= 11 is 0. The molecule has 2 N–H and O–H groups in total. The van der Waals surface area contributed by atoms with Gasteiger partial charge in [-0.1, -0.05) is 0 Å². The van der Waals surface area contributed by atoms with Crippen molar-refractivity contribution in [3.05, 3.63) is 39.7 Å². The lowest BCUT2D eigenvalue weighted by atomic mass is 9.96. The molecular weight excluding hydrogens is 249 g/mol. The van der Waals surface area contributed by atoms with Crippen LogP contribution >= 0.6 is 0 Å². The summed E-state index contributed by atoms with van der Waals surface area (Å²) in [7, 11) is 0. The van der Waals surface area contributed by atoms with E-state index >= 15 is 0 Å². The summed E-state index contributed by atoms with van der Waals surface area (Å²) in [6.45, 7) is 2.82. The molecule has 1 saturated heterocycles. The SMILES string of the molecule is NCC1CCN(Cc2cc(F)ccc2[N+](=O)[O-])CC1. The predicted molar refractivity (Wildman–Crippen MR) is 70.1 cm³/mol. The highest BCUT2D eigenvalue weighted by molar-refractivity contribution is 5.40. The maximum Gasteiger partial charge on any atom is 0.274 e. The number of hydrogen-bond acceptors (Lipinski definition) is 4. The number of rotatable bonds is 4. The molecule has 1 aromatic rings. The second kappa shape index (κ2) is 6.08. The highest BCUT2D eigenvalue weighted by atomic mass is 19.1. The quantitative estimate of drug-likeness (QED) is 0.668. The highest BCUT2D eigenvalue weighted by Crippen LogP contribution is 2.24. The third kappa shape index (κ3) is 3.48. The standard InChI is InChI=1S/C13H18FN3O2/c14-12-1-2-13(17(18)19)11(7-12)9-16-5-3-10(8-15)4-6-16/h1-2,7,10H,3-6,8-9,15H2. The number of halogens is 1. The minimum Gasteiger partial charge on any atom is -0.330 e. The molecule has 19 heavy (non-hydrogen) atoms. The number of nitrogens with two attached hydrogens (primary N) is 1. The molecule has 0 bridgehead atoms. The third-order valence-corrected chi connectivity index (χ3v) is 3.67. The Morgan fingerprint density at radius 2 is 2.11 bits per heavy atom. The molecule has 6 heteroatoms. The maximum absolute atomic E-state index is 13.2. The molecule has 1 fully saturated rings. The van der Waals surface area contributed by atoms with Crippen molar-refractivity contribution in [1.29, 1.82) is 0 Å². The van der Waals surface area contributed by atoms with Crippen molar-refractivity contribution in [1.82, 2.24) is 4.90 Å². The lowest BCUT2D eigenvalue weighted by Crippen LogP contribution is -2.35. The molecule has 104 valence electrons. The Bertz CT molecular complexity index is 459. The van der Waals surface area contributed by atoms with Gasteiger partial charge in [-0.15, -0.1) is 0 Å². The van der Waals surface area contributed by atoms with Crippen LogP contribution in [-0.4, -0.2) is 29.5 Å². The normalized spacial score (nSPS) is 17.6. The van der Waals surface area contributed by atoms with Crippen LogP contribution in [0.1, 0.15) is 18.4 Å². The van der Waals surface area contributed by atoms with Crippen molar-refractivity contribution in [2.45, 2.75) is 19.4 Å². The zero-order valence-electron chi connectivity index (χ0n) is 10.7. The molecule has 0 unspecified atom stereocenters. The summed E-state index contributed by atoms with van der Waals surface area (Å²) in [5, 5.41) is 10.9. The molecule has 0 saturated carbocycles. The predicted octanol–water partition coefficient (Wildman–Crippen LogP) is 1.90. The molecular formula is C13H18FN3O2. The third-order valence-electron chi connectivity index (χ3n) is 3.67. The van der Waals surface area contributed by atoms with E-state index in [4.69, 9.17) is 5.73 Å². The van der Waals surface area contributed by atoms with Crippen LogP contribution in [0.3, 0.4) is 0 Å². The lowest BCUT2D eigenvalue weighted by Gasteiger charge is -2.31. The van der Waals surface area contributed by atoms with Gasteiger partial charge in [0.15, 0.2) is 0 Å². The molecule has 1 aliphatic heterocycles. The summed E-state index contributed by atoms with van der Waals surface area (Å²) in [5.41, 5.74) is 6.06. The molecule has 0 aromatic heterocycles. The summed E-state index contributed by atoms with van der Waals surface area (Å²) in [4.78, 5) is 12.6. The zero-order chi connectivity index (χ0) is 13.8. The maximum atomic E-state index is 13.2. The number of hydrogen-bond donors (Lipinski definition) is 1. The van der Waals surface area contributed by atoms with E-state index in [0.29, 0.717) is 24.6 Å². The van der Waals surface area contributed by atoms with Crippen LogP contribution in [0.5, 0.6) is 0 Å². The molecule has 1 aliphatic rings. The van der Waals surface area contributed by atoms with Crippen molar-refractivity contribution in [3.8, 4) is 0 Å². The minimum absolute atomic E-state index is 0.0117. The number of nitro groups is 1. The van der Waals surface area contributed by atoms with Crippen molar-refractivity contribution >= 4 is 5.69 Å². The van der Waals surface area contributed by atoms with E-state index in [2.05, 4.69) is 4.90 Å². The van der Waals surface area contributed by atoms with Gasteiger partial charge < -0.3 is 5.73 Å². The number of piperidine rings is 1. The van der Waals surface area contributed by atoms with Gasteiger partial charge in [-0.25, -0.2) is 4.39 Å². The van der Waals surface area contributed by atoms with E-state index < -0.39 is 10.7 Å². The van der Waals surface area contributed by atoms with Gasteiger partial charge in [0, 0.05) is 18.2 Å². The van der Waals surface area contributed by atoms with Crippen LogP contribution in [0.4, 0.5) is 10.1 Å². The van der Waals surface area contributed by atoms with E-state index in [1.807, 2.05) is 0 Å². The first-order valence-electron chi connectivity index (χ1n) is 6.45. The van der Waals surface area contributed by atoms with E-state index in [-0.39, 0.29) is 5.69 Å². The topological polar surface area (TPSA) is 72.4 Å². The molecule has 0 radical (unpaired) electrons. The number of likely N-dealkylation sites (tertiary alicyclic amines) is 1. The van der Waals surface area contributed by atoms with Crippen LogP contribution in [-0.2, 0) is 6.54 Å². The molecule has 1 heterocycles. The molecule has 0 amide bonds. The molecule has 0 aliphatic carbocycles. The van der Waals surface area contributed by atoms with Crippen molar-refractivity contribution in [2.24, 2.45) is 11.7 Å². The molecule has 2 rings (SSSR count). The number of nitro benzene ring substituents is 1. The Morgan fingerprint density at radius 3 is 2.68 bits per heavy atom. The van der Waals surface area contributed by atoms with Crippen molar-refractivity contribution in [2.75, 3.05) is 19.6 Å².